The first kappa shape index (κ1) is 20.8. The van der Waals surface area contributed by atoms with Gasteiger partial charge in [0, 0.05) is 12.1 Å². The van der Waals surface area contributed by atoms with Crippen molar-refractivity contribution >= 4 is 24.0 Å². The Bertz CT molecular complexity index is 676. The van der Waals surface area contributed by atoms with Crippen molar-refractivity contribution < 1.29 is 9.53 Å². The number of nitrogen functional groups attached to an aromatic ring is 1. The van der Waals surface area contributed by atoms with E-state index >= 15 is 0 Å². The number of para-hydroxylation sites is 1. The number of halogens is 1. The Kier molecular flexibility index (Phi) is 8.86. The number of hydrogen-bond acceptors (Lipinski definition) is 3. The molecule has 4 nitrogen and oxygen atoms in total. The molecule has 2 aromatic rings. The number of anilines is 1. The number of ether oxygens (including phenoxy) is 1. The highest BCUT2D eigenvalue weighted by atomic mass is 35.5. The van der Waals surface area contributed by atoms with Crippen LogP contribution >= 0.6 is 12.4 Å². The van der Waals surface area contributed by atoms with Crippen LogP contribution in [0.2, 0.25) is 0 Å². The van der Waals surface area contributed by atoms with Gasteiger partial charge in [-0.2, -0.15) is 0 Å². The summed E-state index contributed by atoms with van der Waals surface area (Å²) >= 11 is 0. The van der Waals surface area contributed by atoms with E-state index in [1.165, 1.54) is 0 Å². The lowest BCUT2D eigenvalue weighted by Crippen LogP contribution is -2.35. The van der Waals surface area contributed by atoms with E-state index in [0.717, 1.165) is 29.0 Å². The fourth-order valence-corrected chi connectivity index (χ4v) is 2.48. The molecule has 0 bridgehead atoms. The van der Waals surface area contributed by atoms with Crippen molar-refractivity contribution in [3.05, 3.63) is 59.7 Å². The van der Waals surface area contributed by atoms with Crippen LogP contribution in [0.1, 0.15) is 30.9 Å². The van der Waals surface area contributed by atoms with Gasteiger partial charge in [0.1, 0.15) is 11.9 Å². The molecule has 0 saturated heterocycles. The molecule has 0 heterocycles. The highest BCUT2D eigenvalue weighted by Crippen LogP contribution is 2.15. The number of nitrogens with one attached hydrogen (secondary N) is 1. The maximum absolute atomic E-state index is 12.0. The lowest BCUT2D eigenvalue weighted by molar-refractivity contribution is -0.121. The van der Waals surface area contributed by atoms with E-state index in [2.05, 4.69) is 12.2 Å². The van der Waals surface area contributed by atoms with Crippen LogP contribution < -0.4 is 15.8 Å². The number of benzene rings is 2. The standard InChI is InChI=1S/C20H26N2O2.ClH/c1-3-17(24-18-9-6-7-15(2)13-18)14-22-20(23)12-11-16-8-4-5-10-19(16)21;/h4-10,13,17H,3,11-12,14,21H2,1-2H3,(H,22,23);1H. The average Bonchev–Trinajstić information content (AvgIpc) is 2.58. The van der Waals surface area contributed by atoms with Gasteiger partial charge in [0.05, 0.1) is 6.54 Å². The predicted octanol–water partition coefficient (Wildman–Crippen LogP) is 3.91. The van der Waals surface area contributed by atoms with Crippen molar-refractivity contribution in [2.45, 2.75) is 39.2 Å². The number of hydrogen-bond donors (Lipinski definition) is 2. The SMILES string of the molecule is CCC(CNC(=O)CCc1ccccc1N)Oc1cccc(C)c1.Cl. The van der Waals surface area contributed by atoms with E-state index in [9.17, 15) is 4.79 Å². The van der Waals surface area contributed by atoms with E-state index in [-0.39, 0.29) is 24.4 Å². The Morgan fingerprint density at radius 3 is 2.64 bits per heavy atom. The minimum absolute atomic E-state index is 0. The number of carbonyl (C=O) groups is 1. The molecule has 0 aliphatic heterocycles. The van der Waals surface area contributed by atoms with Crippen molar-refractivity contribution in [2.24, 2.45) is 0 Å². The van der Waals surface area contributed by atoms with Gasteiger partial charge < -0.3 is 15.8 Å². The molecule has 0 saturated carbocycles. The number of carbonyl (C=O) groups excluding carboxylic acids is 1. The van der Waals surface area contributed by atoms with Gasteiger partial charge in [-0.3, -0.25) is 4.79 Å². The molecule has 0 spiro atoms. The molecule has 5 heteroatoms. The average molecular weight is 363 g/mol. The summed E-state index contributed by atoms with van der Waals surface area (Å²) in [6, 6.07) is 15.6. The number of aryl methyl sites for hydroxylation is 2. The Balaban J connectivity index is 0.00000312. The molecule has 3 N–H and O–H groups in total. The zero-order chi connectivity index (χ0) is 17.4. The summed E-state index contributed by atoms with van der Waals surface area (Å²) in [5, 5.41) is 2.95. The Morgan fingerprint density at radius 2 is 1.96 bits per heavy atom. The second-order valence-electron chi connectivity index (χ2n) is 5.97. The lowest BCUT2D eigenvalue weighted by atomic mass is 10.1. The van der Waals surface area contributed by atoms with Gasteiger partial charge >= 0.3 is 0 Å². The first-order valence-corrected chi connectivity index (χ1v) is 8.42. The highest BCUT2D eigenvalue weighted by molar-refractivity contribution is 5.85. The molecule has 2 rings (SSSR count). The van der Waals surface area contributed by atoms with Gasteiger partial charge in [0.2, 0.25) is 5.91 Å². The molecule has 2 aromatic carbocycles. The fourth-order valence-electron chi connectivity index (χ4n) is 2.48. The van der Waals surface area contributed by atoms with E-state index in [1.54, 1.807) is 0 Å². The van der Waals surface area contributed by atoms with Crippen molar-refractivity contribution in [1.29, 1.82) is 0 Å². The topological polar surface area (TPSA) is 64.4 Å². The molecule has 1 amide bonds. The minimum Gasteiger partial charge on any atom is -0.489 e. The zero-order valence-corrected chi connectivity index (χ0v) is 15.6. The quantitative estimate of drug-likeness (QED) is 0.700. The van der Waals surface area contributed by atoms with E-state index in [1.807, 2.05) is 55.5 Å². The van der Waals surface area contributed by atoms with Crippen LogP contribution in [0.5, 0.6) is 5.75 Å². The summed E-state index contributed by atoms with van der Waals surface area (Å²) in [6.07, 6.45) is 1.88. The van der Waals surface area contributed by atoms with Gasteiger partial charge in [-0.05, 0) is 49.1 Å². The Hall–Kier alpha value is -2.20. The number of nitrogens with two attached hydrogens (primary N) is 1. The van der Waals surface area contributed by atoms with Crippen molar-refractivity contribution in [1.82, 2.24) is 5.32 Å². The Labute approximate surface area is 156 Å². The third-order valence-corrected chi connectivity index (χ3v) is 3.95. The first-order valence-electron chi connectivity index (χ1n) is 8.42. The van der Waals surface area contributed by atoms with Crippen LogP contribution in [0, 0.1) is 6.92 Å². The summed E-state index contributed by atoms with van der Waals surface area (Å²) in [5.41, 5.74) is 8.80. The molecule has 0 aromatic heterocycles. The summed E-state index contributed by atoms with van der Waals surface area (Å²) in [7, 11) is 0. The van der Waals surface area contributed by atoms with Crippen LogP contribution in [-0.2, 0) is 11.2 Å². The van der Waals surface area contributed by atoms with Crippen molar-refractivity contribution in [3.8, 4) is 5.75 Å². The minimum atomic E-state index is -0.0301. The molecule has 25 heavy (non-hydrogen) atoms. The third kappa shape index (κ3) is 7.06. The molecule has 1 unspecified atom stereocenters. The molecular formula is C20H27ClN2O2. The molecule has 0 aliphatic carbocycles. The predicted molar refractivity (Wildman–Crippen MR) is 105 cm³/mol. The van der Waals surface area contributed by atoms with Gasteiger partial charge in [-0.25, -0.2) is 0 Å². The maximum atomic E-state index is 12.0. The normalized spacial score (nSPS) is 11.3. The van der Waals surface area contributed by atoms with Gasteiger partial charge in [0.25, 0.3) is 0 Å². The van der Waals surface area contributed by atoms with Gasteiger partial charge in [-0.15, -0.1) is 12.4 Å². The summed E-state index contributed by atoms with van der Waals surface area (Å²) < 4.78 is 5.94. The molecule has 0 aliphatic rings. The summed E-state index contributed by atoms with van der Waals surface area (Å²) in [6.45, 7) is 4.59. The van der Waals surface area contributed by atoms with E-state index < -0.39 is 0 Å². The Morgan fingerprint density at radius 1 is 1.20 bits per heavy atom. The molecule has 136 valence electrons. The summed E-state index contributed by atoms with van der Waals surface area (Å²) in [5.74, 6) is 0.859. The number of amides is 1. The second kappa shape index (κ2) is 10.6. The smallest absolute Gasteiger partial charge is 0.220 e. The van der Waals surface area contributed by atoms with Crippen LogP contribution in [0.15, 0.2) is 48.5 Å². The first-order chi connectivity index (χ1) is 11.6. The van der Waals surface area contributed by atoms with E-state index in [0.29, 0.717) is 19.4 Å². The van der Waals surface area contributed by atoms with Crippen molar-refractivity contribution in [2.75, 3.05) is 12.3 Å². The van der Waals surface area contributed by atoms with E-state index in [4.69, 9.17) is 10.5 Å². The molecule has 1 atom stereocenters. The molecule has 0 fully saturated rings. The monoisotopic (exact) mass is 362 g/mol. The van der Waals surface area contributed by atoms with Crippen LogP contribution in [0.3, 0.4) is 0 Å². The maximum Gasteiger partial charge on any atom is 0.220 e. The lowest BCUT2D eigenvalue weighted by Gasteiger charge is -2.18. The van der Waals surface area contributed by atoms with Gasteiger partial charge in [-0.1, -0.05) is 37.3 Å². The zero-order valence-electron chi connectivity index (χ0n) is 14.8. The van der Waals surface area contributed by atoms with Crippen molar-refractivity contribution in [3.63, 3.8) is 0 Å². The summed E-state index contributed by atoms with van der Waals surface area (Å²) in [4.78, 5) is 12.0. The van der Waals surface area contributed by atoms with Gasteiger partial charge in [0.15, 0.2) is 0 Å². The number of rotatable bonds is 8. The highest BCUT2D eigenvalue weighted by Gasteiger charge is 2.11. The van der Waals surface area contributed by atoms with Crippen LogP contribution in [-0.4, -0.2) is 18.6 Å². The van der Waals surface area contributed by atoms with Crippen LogP contribution in [0.25, 0.3) is 0 Å². The second-order valence-corrected chi connectivity index (χ2v) is 5.97. The van der Waals surface area contributed by atoms with Crippen LogP contribution in [0.4, 0.5) is 5.69 Å². The third-order valence-electron chi connectivity index (χ3n) is 3.95. The molecular weight excluding hydrogens is 336 g/mol. The molecule has 0 radical (unpaired) electrons. The fraction of sp³-hybridized carbons (Fsp3) is 0.350. The largest absolute Gasteiger partial charge is 0.489 e.